The summed E-state index contributed by atoms with van der Waals surface area (Å²) in [6.45, 7) is 0. The number of aliphatic carboxylic acids is 1. The van der Waals surface area contributed by atoms with Gasteiger partial charge in [-0.15, -0.1) is 0 Å². The topological polar surface area (TPSA) is 72.8 Å². The van der Waals surface area contributed by atoms with E-state index < -0.39 is 18.0 Å². The van der Waals surface area contributed by atoms with Crippen molar-refractivity contribution in [2.45, 2.75) is 18.9 Å². The van der Waals surface area contributed by atoms with Crippen LogP contribution in [0.25, 0.3) is 0 Å². The monoisotopic (exact) mass is 236 g/mol. The molecule has 0 aliphatic carbocycles. The van der Waals surface area contributed by atoms with E-state index in [0.717, 1.165) is 5.56 Å². The molecule has 1 aliphatic rings. The molecule has 0 saturated carbocycles. The summed E-state index contributed by atoms with van der Waals surface area (Å²) < 4.78 is 10.1. The van der Waals surface area contributed by atoms with Gasteiger partial charge in [-0.25, -0.2) is 4.79 Å². The Hall–Kier alpha value is -2.04. The van der Waals surface area contributed by atoms with Crippen LogP contribution in [0.3, 0.4) is 0 Å². The highest BCUT2D eigenvalue weighted by Gasteiger charge is 2.28. The molecule has 0 amide bonds. The highest BCUT2D eigenvalue weighted by Crippen LogP contribution is 2.25. The number of carboxylic acids is 1. The van der Waals surface area contributed by atoms with Crippen LogP contribution in [0.4, 0.5) is 0 Å². The summed E-state index contributed by atoms with van der Waals surface area (Å²) in [5.41, 5.74) is 1.25. The SMILES string of the molecule is COc1ccc2c(c1)C(=O)OC(CC(=O)O)C2. The van der Waals surface area contributed by atoms with Gasteiger partial charge in [0.05, 0.1) is 19.1 Å². The normalized spacial score (nSPS) is 18.2. The van der Waals surface area contributed by atoms with Crippen molar-refractivity contribution in [3.63, 3.8) is 0 Å². The first-order valence-electron chi connectivity index (χ1n) is 5.20. The Bertz CT molecular complexity index is 466. The summed E-state index contributed by atoms with van der Waals surface area (Å²) in [6, 6.07) is 5.12. The zero-order valence-electron chi connectivity index (χ0n) is 9.30. The van der Waals surface area contributed by atoms with Crippen LogP contribution in [0, 0.1) is 0 Å². The highest BCUT2D eigenvalue weighted by molar-refractivity contribution is 5.93. The quantitative estimate of drug-likeness (QED) is 0.799. The molecule has 0 spiro atoms. The van der Waals surface area contributed by atoms with E-state index in [1.807, 2.05) is 0 Å². The molecule has 1 aliphatic heterocycles. The van der Waals surface area contributed by atoms with Gasteiger partial charge in [0.2, 0.25) is 0 Å². The van der Waals surface area contributed by atoms with E-state index in [9.17, 15) is 9.59 Å². The maximum atomic E-state index is 11.7. The fraction of sp³-hybridized carbons (Fsp3) is 0.333. The van der Waals surface area contributed by atoms with E-state index in [-0.39, 0.29) is 6.42 Å². The van der Waals surface area contributed by atoms with Gasteiger partial charge in [0, 0.05) is 6.42 Å². The third kappa shape index (κ3) is 2.38. The van der Waals surface area contributed by atoms with Crippen molar-refractivity contribution in [3.8, 4) is 5.75 Å². The predicted molar refractivity (Wildman–Crippen MR) is 58.2 cm³/mol. The Morgan fingerprint density at radius 1 is 1.59 bits per heavy atom. The summed E-state index contributed by atoms with van der Waals surface area (Å²) in [5, 5.41) is 8.67. The summed E-state index contributed by atoms with van der Waals surface area (Å²) in [4.78, 5) is 22.3. The Labute approximate surface area is 98.0 Å². The van der Waals surface area contributed by atoms with Crippen LogP contribution in [0.15, 0.2) is 18.2 Å². The molecule has 0 saturated heterocycles. The molecular weight excluding hydrogens is 224 g/mol. The van der Waals surface area contributed by atoms with E-state index in [1.54, 1.807) is 18.2 Å². The molecular formula is C12H12O5. The average Bonchev–Trinajstić information content (AvgIpc) is 2.28. The van der Waals surface area contributed by atoms with Crippen molar-refractivity contribution in [3.05, 3.63) is 29.3 Å². The summed E-state index contributed by atoms with van der Waals surface area (Å²) >= 11 is 0. The maximum Gasteiger partial charge on any atom is 0.338 e. The van der Waals surface area contributed by atoms with Crippen molar-refractivity contribution >= 4 is 11.9 Å². The largest absolute Gasteiger partial charge is 0.497 e. The molecule has 1 heterocycles. The molecule has 1 aromatic carbocycles. The first-order valence-corrected chi connectivity index (χ1v) is 5.20. The number of methoxy groups -OCH3 is 1. The van der Waals surface area contributed by atoms with Crippen LogP contribution in [-0.4, -0.2) is 30.3 Å². The summed E-state index contributed by atoms with van der Waals surface area (Å²) in [7, 11) is 1.52. The van der Waals surface area contributed by atoms with Crippen molar-refractivity contribution in [2.75, 3.05) is 7.11 Å². The lowest BCUT2D eigenvalue weighted by Gasteiger charge is -2.23. The van der Waals surface area contributed by atoms with Crippen molar-refractivity contribution < 1.29 is 24.2 Å². The number of fused-ring (bicyclic) bond motifs is 1. The van der Waals surface area contributed by atoms with Gasteiger partial charge >= 0.3 is 11.9 Å². The number of esters is 1. The average molecular weight is 236 g/mol. The van der Waals surface area contributed by atoms with Gasteiger partial charge in [-0.05, 0) is 17.7 Å². The number of carbonyl (C=O) groups excluding carboxylic acids is 1. The minimum absolute atomic E-state index is 0.169. The van der Waals surface area contributed by atoms with E-state index in [1.165, 1.54) is 7.11 Å². The van der Waals surface area contributed by atoms with Crippen LogP contribution in [0.1, 0.15) is 22.3 Å². The first kappa shape index (κ1) is 11.4. The van der Waals surface area contributed by atoms with E-state index in [4.69, 9.17) is 14.6 Å². The molecule has 0 aromatic heterocycles. The molecule has 1 atom stereocenters. The molecule has 5 heteroatoms. The van der Waals surface area contributed by atoms with Crippen LogP contribution in [0.5, 0.6) is 5.75 Å². The number of carboxylic acid groups (broad SMARTS) is 1. The second-order valence-corrected chi connectivity index (χ2v) is 3.85. The number of benzene rings is 1. The second-order valence-electron chi connectivity index (χ2n) is 3.85. The number of hydrogen-bond acceptors (Lipinski definition) is 4. The molecule has 1 N–H and O–H groups in total. The van der Waals surface area contributed by atoms with Gasteiger partial charge in [-0.3, -0.25) is 4.79 Å². The number of ether oxygens (including phenoxy) is 2. The van der Waals surface area contributed by atoms with Crippen LogP contribution < -0.4 is 4.74 Å². The molecule has 0 fully saturated rings. The highest BCUT2D eigenvalue weighted by atomic mass is 16.5. The van der Waals surface area contributed by atoms with E-state index in [2.05, 4.69) is 0 Å². The Balaban J connectivity index is 2.25. The standard InChI is InChI=1S/C12H12O5/c1-16-8-3-2-7-4-9(6-11(13)14)17-12(15)10(7)5-8/h2-3,5,9H,4,6H2,1H3,(H,13,14). The Morgan fingerprint density at radius 2 is 2.35 bits per heavy atom. The first-order chi connectivity index (χ1) is 8.10. The zero-order valence-corrected chi connectivity index (χ0v) is 9.30. The van der Waals surface area contributed by atoms with E-state index in [0.29, 0.717) is 17.7 Å². The molecule has 1 aromatic rings. The lowest BCUT2D eigenvalue weighted by atomic mass is 9.97. The molecule has 2 rings (SSSR count). The lowest BCUT2D eigenvalue weighted by Crippen LogP contribution is -2.29. The van der Waals surface area contributed by atoms with Crippen molar-refractivity contribution in [1.29, 1.82) is 0 Å². The Kier molecular flexibility index (Phi) is 2.99. The van der Waals surface area contributed by atoms with Gasteiger partial charge in [0.15, 0.2) is 0 Å². The minimum atomic E-state index is -0.972. The van der Waals surface area contributed by atoms with Crippen LogP contribution >= 0.6 is 0 Å². The van der Waals surface area contributed by atoms with Crippen molar-refractivity contribution in [2.24, 2.45) is 0 Å². The number of carbonyl (C=O) groups is 2. The second kappa shape index (κ2) is 4.45. The predicted octanol–water partition coefficient (Wildman–Crippen LogP) is 1.25. The third-order valence-electron chi connectivity index (χ3n) is 2.66. The number of cyclic esters (lactones) is 1. The molecule has 17 heavy (non-hydrogen) atoms. The fourth-order valence-corrected chi connectivity index (χ4v) is 1.86. The van der Waals surface area contributed by atoms with Gasteiger partial charge in [0.25, 0.3) is 0 Å². The van der Waals surface area contributed by atoms with E-state index >= 15 is 0 Å². The van der Waals surface area contributed by atoms with Crippen molar-refractivity contribution in [1.82, 2.24) is 0 Å². The van der Waals surface area contributed by atoms with Crippen LogP contribution in [0.2, 0.25) is 0 Å². The van der Waals surface area contributed by atoms with Gasteiger partial charge in [0.1, 0.15) is 11.9 Å². The zero-order chi connectivity index (χ0) is 12.4. The third-order valence-corrected chi connectivity index (χ3v) is 2.66. The maximum absolute atomic E-state index is 11.7. The smallest absolute Gasteiger partial charge is 0.338 e. The summed E-state index contributed by atoms with van der Waals surface area (Å²) in [5.74, 6) is -0.881. The molecule has 0 radical (unpaired) electrons. The molecule has 0 bridgehead atoms. The molecule has 90 valence electrons. The minimum Gasteiger partial charge on any atom is -0.497 e. The Morgan fingerprint density at radius 3 is 3.00 bits per heavy atom. The molecule has 5 nitrogen and oxygen atoms in total. The van der Waals surface area contributed by atoms with Gasteiger partial charge in [-0.2, -0.15) is 0 Å². The summed E-state index contributed by atoms with van der Waals surface area (Å²) in [6.07, 6.45) is -0.324. The number of hydrogen-bond donors (Lipinski definition) is 1. The lowest BCUT2D eigenvalue weighted by molar-refractivity contribution is -0.139. The van der Waals surface area contributed by atoms with Gasteiger partial charge < -0.3 is 14.6 Å². The molecule has 1 unspecified atom stereocenters. The fourth-order valence-electron chi connectivity index (χ4n) is 1.86. The van der Waals surface area contributed by atoms with Crippen LogP contribution in [-0.2, 0) is 16.0 Å². The number of rotatable bonds is 3. The van der Waals surface area contributed by atoms with Gasteiger partial charge in [-0.1, -0.05) is 6.07 Å².